The molecule has 2 rings (SSSR count). The van der Waals surface area contributed by atoms with Gasteiger partial charge >= 0.3 is 0 Å². The van der Waals surface area contributed by atoms with Gasteiger partial charge in [-0.05, 0) is 43.7 Å². The van der Waals surface area contributed by atoms with Crippen molar-refractivity contribution in [3.05, 3.63) is 28.7 Å². The topological polar surface area (TPSA) is 21.3 Å². The van der Waals surface area contributed by atoms with Crippen molar-refractivity contribution in [3.63, 3.8) is 0 Å². The molecule has 1 fully saturated rings. The van der Waals surface area contributed by atoms with Gasteiger partial charge in [0, 0.05) is 11.0 Å². The van der Waals surface area contributed by atoms with Gasteiger partial charge in [-0.25, -0.2) is 0 Å². The van der Waals surface area contributed by atoms with Crippen LogP contribution < -0.4 is 10.1 Å². The summed E-state index contributed by atoms with van der Waals surface area (Å²) in [4.78, 5) is 0. The highest BCUT2D eigenvalue weighted by atomic mass is 79.9. The van der Waals surface area contributed by atoms with Gasteiger partial charge < -0.3 is 10.1 Å². The summed E-state index contributed by atoms with van der Waals surface area (Å²) >= 11 is 3.40. The second kappa shape index (κ2) is 6.36. The van der Waals surface area contributed by atoms with Crippen molar-refractivity contribution in [3.8, 4) is 5.75 Å². The second-order valence-corrected chi connectivity index (χ2v) is 4.46. The molecule has 84 valence electrons. The van der Waals surface area contributed by atoms with E-state index in [4.69, 9.17) is 4.74 Å². The molecule has 0 aliphatic carbocycles. The maximum atomic E-state index is 5.83. The van der Waals surface area contributed by atoms with Crippen LogP contribution in [0.25, 0.3) is 0 Å². The molecule has 1 heterocycles. The lowest BCUT2D eigenvalue weighted by atomic mass is 10.1. The molecule has 1 unspecified atom stereocenters. The summed E-state index contributed by atoms with van der Waals surface area (Å²) in [6.07, 6.45) is 2.70. The quantitative estimate of drug-likeness (QED) is 0.905. The molecule has 1 aromatic carbocycles. The number of halogens is 2. The lowest BCUT2D eigenvalue weighted by Gasteiger charge is -2.23. The van der Waals surface area contributed by atoms with Crippen LogP contribution in [0.15, 0.2) is 28.7 Å². The summed E-state index contributed by atoms with van der Waals surface area (Å²) in [5.74, 6) is 0.960. The van der Waals surface area contributed by atoms with E-state index in [1.807, 2.05) is 24.3 Å². The zero-order chi connectivity index (χ0) is 9.80. The van der Waals surface area contributed by atoms with Crippen molar-refractivity contribution < 1.29 is 4.74 Å². The molecule has 1 atom stereocenters. The standard InChI is InChI=1S/C11H14BrNO.ClH/c12-9-3-5-10(6-4-9)14-11-2-1-7-13-8-11;/h3-6,11,13H,1-2,7-8H2;1H. The first-order valence-corrected chi connectivity index (χ1v) is 5.77. The highest BCUT2D eigenvalue weighted by Crippen LogP contribution is 2.18. The van der Waals surface area contributed by atoms with Gasteiger partial charge in [-0.2, -0.15) is 0 Å². The molecule has 0 bridgehead atoms. The minimum absolute atomic E-state index is 0. The Morgan fingerprint density at radius 1 is 1.27 bits per heavy atom. The molecule has 0 spiro atoms. The molecule has 4 heteroatoms. The fourth-order valence-electron chi connectivity index (χ4n) is 1.63. The Morgan fingerprint density at radius 2 is 2.00 bits per heavy atom. The van der Waals surface area contributed by atoms with Crippen LogP contribution in [0.5, 0.6) is 5.75 Å². The Bertz CT molecular complexity index is 285. The van der Waals surface area contributed by atoms with E-state index < -0.39 is 0 Å². The fourth-order valence-corrected chi connectivity index (χ4v) is 1.89. The Labute approximate surface area is 105 Å². The van der Waals surface area contributed by atoms with Crippen LogP contribution >= 0.6 is 28.3 Å². The van der Waals surface area contributed by atoms with Crippen molar-refractivity contribution in [2.24, 2.45) is 0 Å². The molecular formula is C11H15BrClNO. The molecule has 1 saturated heterocycles. The van der Waals surface area contributed by atoms with Crippen LogP contribution in [0.4, 0.5) is 0 Å². The predicted molar refractivity (Wildman–Crippen MR) is 67.9 cm³/mol. The zero-order valence-corrected chi connectivity index (χ0v) is 10.8. The third-order valence-electron chi connectivity index (χ3n) is 2.37. The predicted octanol–water partition coefficient (Wildman–Crippen LogP) is 3.00. The summed E-state index contributed by atoms with van der Waals surface area (Å²) in [6, 6.07) is 8.01. The number of benzene rings is 1. The lowest BCUT2D eigenvalue weighted by molar-refractivity contribution is 0.167. The average molecular weight is 293 g/mol. The van der Waals surface area contributed by atoms with Gasteiger partial charge in [-0.15, -0.1) is 12.4 Å². The molecule has 0 aromatic heterocycles. The Balaban J connectivity index is 0.00000112. The van der Waals surface area contributed by atoms with Crippen LogP contribution in [-0.2, 0) is 0 Å². The minimum Gasteiger partial charge on any atom is -0.489 e. The van der Waals surface area contributed by atoms with Gasteiger partial charge in [0.1, 0.15) is 11.9 Å². The number of piperidine rings is 1. The molecule has 0 radical (unpaired) electrons. The van der Waals surface area contributed by atoms with Crippen LogP contribution in [0.2, 0.25) is 0 Å². The first-order valence-electron chi connectivity index (χ1n) is 4.97. The van der Waals surface area contributed by atoms with Crippen molar-refractivity contribution in [2.45, 2.75) is 18.9 Å². The van der Waals surface area contributed by atoms with Crippen molar-refractivity contribution in [1.29, 1.82) is 0 Å². The Morgan fingerprint density at radius 3 is 2.60 bits per heavy atom. The third-order valence-corrected chi connectivity index (χ3v) is 2.90. The van der Waals surface area contributed by atoms with Crippen LogP contribution in [-0.4, -0.2) is 19.2 Å². The van der Waals surface area contributed by atoms with E-state index in [-0.39, 0.29) is 12.4 Å². The van der Waals surface area contributed by atoms with Gasteiger partial charge in [-0.3, -0.25) is 0 Å². The maximum absolute atomic E-state index is 5.83. The van der Waals surface area contributed by atoms with Gasteiger partial charge in [0.25, 0.3) is 0 Å². The number of rotatable bonds is 2. The van der Waals surface area contributed by atoms with E-state index >= 15 is 0 Å². The van der Waals surface area contributed by atoms with Crippen LogP contribution in [0.3, 0.4) is 0 Å². The van der Waals surface area contributed by atoms with E-state index in [1.54, 1.807) is 0 Å². The van der Waals surface area contributed by atoms with Gasteiger partial charge in [0.05, 0.1) is 0 Å². The average Bonchev–Trinajstić information content (AvgIpc) is 2.23. The Hall–Kier alpha value is -0.250. The van der Waals surface area contributed by atoms with E-state index in [2.05, 4.69) is 21.2 Å². The number of hydrogen-bond donors (Lipinski definition) is 1. The SMILES string of the molecule is Brc1ccc(OC2CCCNC2)cc1.Cl. The van der Waals surface area contributed by atoms with Gasteiger partial charge in [0.15, 0.2) is 0 Å². The van der Waals surface area contributed by atoms with Gasteiger partial charge in [0.2, 0.25) is 0 Å². The molecule has 1 aromatic rings. The lowest BCUT2D eigenvalue weighted by Crippen LogP contribution is -2.37. The first-order chi connectivity index (χ1) is 6.84. The van der Waals surface area contributed by atoms with Crippen LogP contribution in [0.1, 0.15) is 12.8 Å². The number of hydrogen-bond acceptors (Lipinski definition) is 2. The Kier molecular flexibility index (Phi) is 5.43. The number of ether oxygens (including phenoxy) is 1. The summed E-state index contributed by atoms with van der Waals surface area (Å²) < 4.78 is 6.92. The monoisotopic (exact) mass is 291 g/mol. The van der Waals surface area contributed by atoms with E-state index in [9.17, 15) is 0 Å². The maximum Gasteiger partial charge on any atom is 0.119 e. The molecule has 0 saturated carbocycles. The van der Waals surface area contributed by atoms with Crippen molar-refractivity contribution >= 4 is 28.3 Å². The highest BCUT2D eigenvalue weighted by molar-refractivity contribution is 9.10. The first kappa shape index (κ1) is 12.8. The summed E-state index contributed by atoms with van der Waals surface area (Å²) in [5.41, 5.74) is 0. The summed E-state index contributed by atoms with van der Waals surface area (Å²) in [7, 11) is 0. The molecule has 0 amide bonds. The normalized spacial score (nSPS) is 20.5. The van der Waals surface area contributed by atoms with E-state index in [1.165, 1.54) is 6.42 Å². The molecule has 1 aliphatic rings. The van der Waals surface area contributed by atoms with Gasteiger partial charge in [-0.1, -0.05) is 15.9 Å². The summed E-state index contributed by atoms with van der Waals surface area (Å²) in [5, 5.41) is 3.33. The third kappa shape index (κ3) is 4.01. The van der Waals surface area contributed by atoms with E-state index in [0.717, 1.165) is 29.7 Å². The fraction of sp³-hybridized carbons (Fsp3) is 0.455. The second-order valence-electron chi connectivity index (χ2n) is 3.54. The largest absolute Gasteiger partial charge is 0.489 e. The summed E-state index contributed by atoms with van der Waals surface area (Å²) in [6.45, 7) is 2.09. The zero-order valence-electron chi connectivity index (χ0n) is 8.41. The minimum atomic E-state index is 0. The number of nitrogens with one attached hydrogen (secondary N) is 1. The highest BCUT2D eigenvalue weighted by Gasteiger charge is 2.13. The van der Waals surface area contributed by atoms with E-state index in [0.29, 0.717) is 6.10 Å². The molecular weight excluding hydrogens is 277 g/mol. The molecule has 2 nitrogen and oxygen atoms in total. The van der Waals surface area contributed by atoms with Crippen LogP contribution in [0, 0.1) is 0 Å². The molecule has 1 N–H and O–H groups in total. The molecule has 15 heavy (non-hydrogen) atoms. The van der Waals surface area contributed by atoms with Crippen molar-refractivity contribution in [1.82, 2.24) is 5.32 Å². The molecule has 1 aliphatic heterocycles. The van der Waals surface area contributed by atoms with Crippen molar-refractivity contribution in [2.75, 3.05) is 13.1 Å². The smallest absolute Gasteiger partial charge is 0.119 e.